The Morgan fingerprint density at radius 2 is 2.28 bits per heavy atom. The smallest absolute Gasteiger partial charge is 0.266 e. The highest BCUT2D eigenvalue weighted by atomic mass is 32.2. The molecule has 9 heteroatoms. The number of rotatable bonds is 7. The molecule has 136 valence electrons. The van der Waals surface area contributed by atoms with Gasteiger partial charge in [0.1, 0.15) is 10.7 Å². The molecule has 0 amide bonds. The quantitative estimate of drug-likeness (QED) is 0.684. The third kappa shape index (κ3) is 4.28. The topological polar surface area (TPSA) is 83.1 Å². The Balaban J connectivity index is 1.83. The first-order valence-corrected chi connectivity index (χ1v) is 10.6. The molecule has 25 heavy (non-hydrogen) atoms. The van der Waals surface area contributed by atoms with Gasteiger partial charge in [0.25, 0.3) is 10.0 Å². The van der Waals surface area contributed by atoms with E-state index in [1.165, 1.54) is 29.0 Å². The lowest BCUT2D eigenvalue weighted by Gasteiger charge is -2.16. The predicted octanol–water partition coefficient (Wildman–Crippen LogP) is 2.67. The third-order valence-electron chi connectivity index (χ3n) is 4.24. The van der Waals surface area contributed by atoms with E-state index in [2.05, 4.69) is 20.3 Å². The molecule has 1 saturated heterocycles. The van der Waals surface area contributed by atoms with E-state index in [4.69, 9.17) is 0 Å². The molecule has 0 unspecified atom stereocenters. The Bertz CT molecular complexity index is 819. The lowest BCUT2D eigenvalue weighted by molar-refractivity contribution is 0.569. The second-order valence-electron chi connectivity index (χ2n) is 6.01. The van der Waals surface area contributed by atoms with Crippen molar-refractivity contribution in [2.75, 3.05) is 29.7 Å². The number of nitrogens with zero attached hydrogens (tertiary/aromatic N) is 1. The van der Waals surface area contributed by atoms with Crippen LogP contribution in [0.3, 0.4) is 0 Å². The van der Waals surface area contributed by atoms with E-state index in [0.29, 0.717) is 18.0 Å². The van der Waals surface area contributed by atoms with Crippen molar-refractivity contribution in [1.29, 1.82) is 0 Å². The monoisotopic (exact) mass is 384 g/mol. The van der Waals surface area contributed by atoms with Crippen molar-refractivity contribution in [2.24, 2.45) is 5.92 Å². The van der Waals surface area contributed by atoms with Gasteiger partial charge in [0.15, 0.2) is 5.82 Å². The molecule has 1 aromatic carbocycles. The minimum atomic E-state index is -4.01. The first-order valence-electron chi connectivity index (χ1n) is 8.17. The molecule has 1 atom stereocenters. The third-order valence-corrected chi connectivity index (χ3v) is 6.20. The van der Waals surface area contributed by atoms with Crippen LogP contribution in [0.25, 0.3) is 0 Å². The molecule has 1 aliphatic rings. The summed E-state index contributed by atoms with van der Waals surface area (Å²) < 4.78 is 41.7. The average molecular weight is 385 g/mol. The second-order valence-corrected chi connectivity index (χ2v) is 8.38. The summed E-state index contributed by atoms with van der Waals surface area (Å²) in [5, 5.41) is 8.11. The summed E-state index contributed by atoms with van der Waals surface area (Å²) in [4.78, 5) is 3.52. The van der Waals surface area contributed by atoms with Crippen molar-refractivity contribution in [3.8, 4) is 0 Å². The number of hydrogen-bond acceptors (Lipinski definition) is 6. The van der Waals surface area contributed by atoms with Crippen molar-refractivity contribution in [3.63, 3.8) is 0 Å². The minimum Gasteiger partial charge on any atom is -0.384 e. The van der Waals surface area contributed by atoms with Gasteiger partial charge in [0.05, 0.1) is 5.51 Å². The molecular weight excluding hydrogens is 363 g/mol. The largest absolute Gasteiger partial charge is 0.384 e. The van der Waals surface area contributed by atoms with Gasteiger partial charge < -0.3 is 10.6 Å². The van der Waals surface area contributed by atoms with E-state index in [-0.39, 0.29) is 10.7 Å². The SMILES string of the molecule is CCc1cc(S(=O)(=O)Nc2cscn2)c(F)cc1NC[C@H]1CCNC1. The molecule has 2 aromatic rings. The van der Waals surface area contributed by atoms with Crippen molar-refractivity contribution < 1.29 is 12.8 Å². The van der Waals surface area contributed by atoms with Crippen LogP contribution in [0, 0.1) is 11.7 Å². The van der Waals surface area contributed by atoms with Crippen molar-refractivity contribution in [3.05, 3.63) is 34.4 Å². The van der Waals surface area contributed by atoms with E-state index in [1.54, 1.807) is 5.38 Å². The van der Waals surface area contributed by atoms with Crippen LogP contribution < -0.4 is 15.4 Å². The molecule has 3 rings (SSSR count). The number of sulfonamides is 1. The van der Waals surface area contributed by atoms with Crippen LogP contribution in [0.1, 0.15) is 18.9 Å². The van der Waals surface area contributed by atoms with Gasteiger partial charge in [-0.15, -0.1) is 11.3 Å². The molecule has 3 N–H and O–H groups in total. The molecule has 6 nitrogen and oxygen atoms in total. The number of hydrogen-bond donors (Lipinski definition) is 3. The van der Waals surface area contributed by atoms with Crippen molar-refractivity contribution >= 4 is 32.9 Å². The van der Waals surface area contributed by atoms with E-state index < -0.39 is 15.8 Å². The molecule has 2 heterocycles. The highest BCUT2D eigenvalue weighted by Gasteiger charge is 2.23. The summed E-state index contributed by atoms with van der Waals surface area (Å²) in [6.45, 7) is 4.60. The van der Waals surface area contributed by atoms with Crippen LogP contribution in [0.15, 0.2) is 27.9 Å². The minimum absolute atomic E-state index is 0.193. The van der Waals surface area contributed by atoms with E-state index >= 15 is 0 Å². The molecule has 0 bridgehead atoms. The molecule has 1 aromatic heterocycles. The number of thiazole rings is 1. The summed E-state index contributed by atoms with van der Waals surface area (Å²) >= 11 is 1.26. The maximum absolute atomic E-state index is 14.5. The molecule has 0 radical (unpaired) electrons. The zero-order valence-corrected chi connectivity index (χ0v) is 15.5. The fraction of sp³-hybridized carbons (Fsp3) is 0.438. The summed E-state index contributed by atoms with van der Waals surface area (Å²) in [5.41, 5.74) is 2.93. The van der Waals surface area contributed by atoms with Crippen LogP contribution in [0.2, 0.25) is 0 Å². The Labute approximate surface area is 150 Å². The number of aromatic nitrogens is 1. The van der Waals surface area contributed by atoms with Crippen molar-refractivity contribution in [1.82, 2.24) is 10.3 Å². The van der Waals surface area contributed by atoms with Crippen LogP contribution in [0.5, 0.6) is 0 Å². The fourth-order valence-electron chi connectivity index (χ4n) is 2.86. The maximum Gasteiger partial charge on any atom is 0.266 e. The zero-order valence-electron chi connectivity index (χ0n) is 13.9. The Kier molecular flexibility index (Phi) is 5.55. The Morgan fingerprint density at radius 3 is 2.92 bits per heavy atom. The summed E-state index contributed by atoms with van der Waals surface area (Å²) in [6, 6.07) is 2.68. The highest BCUT2D eigenvalue weighted by molar-refractivity contribution is 7.92. The van der Waals surface area contributed by atoms with Crippen LogP contribution in [0.4, 0.5) is 15.9 Å². The van der Waals surface area contributed by atoms with Gasteiger partial charge >= 0.3 is 0 Å². The van der Waals surface area contributed by atoms with Gasteiger partial charge in [0.2, 0.25) is 0 Å². The molecular formula is C16H21FN4O2S2. The van der Waals surface area contributed by atoms with Crippen LogP contribution in [-0.4, -0.2) is 33.0 Å². The molecule has 0 aliphatic carbocycles. The number of aryl methyl sites for hydroxylation is 1. The number of benzene rings is 1. The van der Waals surface area contributed by atoms with Gasteiger partial charge in [-0.1, -0.05) is 6.92 Å². The molecule has 0 saturated carbocycles. The summed E-state index contributed by atoms with van der Waals surface area (Å²) in [5.74, 6) is -0.0760. The average Bonchev–Trinajstić information content (AvgIpc) is 3.26. The molecule has 1 fully saturated rings. The van der Waals surface area contributed by atoms with Gasteiger partial charge in [-0.25, -0.2) is 17.8 Å². The Morgan fingerprint density at radius 1 is 1.44 bits per heavy atom. The van der Waals surface area contributed by atoms with E-state index in [1.807, 2.05) is 6.92 Å². The van der Waals surface area contributed by atoms with E-state index in [0.717, 1.165) is 31.6 Å². The van der Waals surface area contributed by atoms with Gasteiger partial charge in [-0.3, -0.25) is 4.72 Å². The highest BCUT2D eigenvalue weighted by Crippen LogP contribution is 2.26. The lowest BCUT2D eigenvalue weighted by atomic mass is 10.1. The lowest BCUT2D eigenvalue weighted by Crippen LogP contribution is -2.19. The number of anilines is 2. The first-order chi connectivity index (χ1) is 12.0. The molecule has 0 spiro atoms. The zero-order chi connectivity index (χ0) is 17.9. The van der Waals surface area contributed by atoms with Crippen LogP contribution in [-0.2, 0) is 16.4 Å². The Hall–Kier alpha value is -1.71. The summed E-state index contributed by atoms with van der Waals surface area (Å²) in [7, 11) is -4.01. The first kappa shape index (κ1) is 18.1. The van der Waals surface area contributed by atoms with E-state index in [9.17, 15) is 12.8 Å². The number of nitrogens with one attached hydrogen (secondary N) is 3. The second kappa shape index (κ2) is 7.67. The van der Waals surface area contributed by atoms with Crippen LogP contribution >= 0.6 is 11.3 Å². The maximum atomic E-state index is 14.5. The normalized spacial score (nSPS) is 17.6. The fourth-order valence-corrected chi connectivity index (χ4v) is 4.53. The van der Waals surface area contributed by atoms with Gasteiger partial charge in [0, 0.05) is 17.6 Å². The van der Waals surface area contributed by atoms with Gasteiger partial charge in [-0.2, -0.15) is 0 Å². The van der Waals surface area contributed by atoms with Gasteiger partial charge in [-0.05, 0) is 49.5 Å². The predicted molar refractivity (Wildman–Crippen MR) is 98.2 cm³/mol. The standard InChI is InChI=1S/C16H21FN4O2S2/c1-2-12-5-15(25(22,23)21-16-9-24-10-20-16)13(17)6-14(12)19-8-11-3-4-18-7-11/h5-6,9-11,18-19,21H,2-4,7-8H2,1H3/t11-/m0/s1. The number of halogens is 1. The van der Waals surface area contributed by atoms with Crippen molar-refractivity contribution in [2.45, 2.75) is 24.7 Å². The molecule has 1 aliphatic heterocycles. The summed E-state index contributed by atoms with van der Waals surface area (Å²) in [6.07, 6.45) is 1.69.